The van der Waals surface area contributed by atoms with Crippen molar-refractivity contribution in [2.45, 2.75) is 25.7 Å². The van der Waals surface area contributed by atoms with Gasteiger partial charge in [0, 0.05) is 20.0 Å². The summed E-state index contributed by atoms with van der Waals surface area (Å²) >= 11 is 0. The third-order valence-corrected chi connectivity index (χ3v) is 2.27. The molecule has 0 aromatic rings. The molecule has 0 saturated carbocycles. The van der Waals surface area contributed by atoms with E-state index in [1.165, 1.54) is 0 Å². The highest BCUT2D eigenvalue weighted by atomic mass is 32.2. The van der Waals surface area contributed by atoms with Crippen LogP contribution in [0.4, 0.5) is 0 Å². The van der Waals surface area contributed by atoms with Gasteiger partial charge >= 0.3 is 0 Å². The van der Waals surface area contributed by atoms with Crippen molar-refractivity contribution in [2.75, 3.05) is 13.6 Å². The molecule has 0 aliphatic carbocycles. The minimum Gasteiger partial charge on any atom is -0.359 e. The van der Waals surface area contributed by atoms with Crippen molar-refractivity contribution < 1.29 is 13.2 Å². The summed E-state index contributed by atoms with van der Waals surface area (Å²) in [5, 5.41) is 7.23. The molecule has 0 fully saturated rings. The number of nitrogens with one attached hydrogen (secondary N) is 2. The van der Waals surface area contributed by atoms with Crippen molar-refractivity contribution in [2.24, 2.45) is 5.14 Å². The second-order valence-electron chi connectivity index (χ2n) is 2.92. The van der Waals surface area contributed by atoms with Gasteiger partial charge in [0.15, 0.2) is 0 Å². The first-order valence-corrected chi connectivity index (χ1v) is 5.98. The minimum atomic E-state index is -3.56. The molecule has 0 spiro atoms. The van der Waals surface area contributed by atoms with Gasteiger partial charge in [0.2, 0.25) is 5.91 Å². The van der Waals surface area contributed by atoms with Gasteiger partial charge in [-0.15, -0.1) is 0 Å². The topological polar surface area (TPSA) is 101 Å². The molecule has 0 saturated heterocycles. The van der Waals surface area contributed by atoms with Crippen LogP contribution in [-0.2, 0) is 15.0 Å². The first-order chi connectivity index (χ1) is 6.45. The van der Waals surface area contributed by atoms with Crippen LogP contribution in [0.15, 0.2) is 0 Å². The highest BCUT2D eigenvalue weighted by Gasteiger charge is 2.00. The highest BCUT2D eigenvalue weighted by Crippen LogP contribution is 1.98. The van der Waals surface area contributed by atoms with Crippen LogP contribution in [0.25, 0.3) is 0 Å². The van der Waals surface area contributed by atoms with Gasteiger partial charge < -0.3 is 5.32 Å². The Labute approximate surface area is 84.4 Å². The molecular formula is C7H17N3O3S. The molecule has 4 N–H and O–H groups in total. The first-order valence-electron chi connectivity index (χ1n) is 4.43. The smallest absolute Gasteiger partial charge is 0.274 e. The number of carbonyl (C=O) groups excluding carboxylic acids is 1. The van der Waals surface area contributed by atoms with Crippen LogP contribution in [0.5, 0.6) is 0 Å². The van der Waals surface area contributed by atoms with Crippen molar-refractivity contribution in [1.29, 1.82) is 0 Å². The van der Waals surface area contributed by atoms with Crippen molar-refractivity contribution in [1.82, 2.24) is 10.0 Å². The van der Waals surface area contributed by atoms with Gasteiger partial charge in [0.05, 0.1) is 0 Å². The fraction of sp³-hybridized carbons (Fsp3) is 0.857. The summed E-state index contributed by atoms with van der Waals surface area (Å²) in [6, 6.07) is 0. The lowest BCUT2D eigenvalue weighted by Gasteiger charge is -2.01. The Morgan fingerprint density at radius 2 is 1.93 bits per heavy atom. The van der Waals surface area contributed by atoms with Gasteiger partial charge in [-0.05, 0) is 12.8 Å². The molecule has 0 aromatic heterocycles. The predicted molar refractivity (Wildman–Crippen MR) is 53.6 cm³/mol. The van der Waals surface area contributed by atoms with E-state index >= 15 is 0 Å². The van der Waals surface area contributed by atoms with Gasteiger partial charge in [0.1, 0.15) is 0 Å². The molecule has 0 aromatic carbocycles. The summed E-state index contributed by atoms with van der Waals surface area (Å²) in [5.41, 5.74) is 0. The molecule has 0 aliphatic rings. The number of rotatable bonds is 7. The Morgan fingerprint density at radius 1 is 1.29 bits per heavy atom. The monoisotopic (exact) mass is 223 g/mol. The molecule has 0 radical (unpaired) electrons. The Bertz CT molecular complexity index is 263. The van der Waals surface area contributed by atoms with Crippen LogP contribution in [0, 0.1) is 0 Å². The normalized spacial score (nSPS) is 11.3. The van der Waals surface area contributed by atoms with Crippen LogP contribution < -0.4 is 15.2 Å². The molecular weight excluding hydrogens is 206 g/mol. The maximum absolute atomic E-state index is 10.8. The Balaban J connectivity index is 3.27. The zero-order valence-corrected chi connectivity index (χ0v) is 9.06. The molecule has 84 valence electrons. The molecule has 0 unspecified atom stereocenters. The zero-order valence-electron chi connectivity index (χ0n) is 8.25. The number of amides is 1. The maximum atomic E-state index is 10.8. The summed E-state index contributed by atoms with van der Waals surface area (Å²) in [6.07, 6.45) is 2.72. The number of hydrogen-bond acceptors (Lipinski definition) is 3. The van der Waals surface area contributed by atoms with E-state index in [1.807, 2.05) is 0 Å². The van der Waals surface area contributed by atoms with Crippen LogP contribution in [0.2, 0.25) is 0 Å². The molecule has 0 bridgehead atoms. The van der Waals surface area contributed by atoms with Crippen molar-refractivity contribution in [3.05, 3.63) is 0 Å². The Hall–Kier alpha value is -0.660. The van der Waals surface area contributed by atoms with Crippen LogP contribution >= 0.6 is 0 Å². The third kappa shape index (κ3) is 9.43. The van der Waals surface area contributed by atoms with Crippen molar-refractivity contribution >= 4 is 16.1 Å². The average Bonchev–Trinajstić information content (AvgIpc) is 2.08. The van der Waals surface area contributed by atoms with E-state index in [0.717, 1.165) is 12.8 Å². The summed E-state index contributed by atoms with van der Waals surface area (Å²) in [6.45, 7) is 0.326. The highest BCUT2D eigenvalue weighted by molar-refractivity contribution is 7.87. The lowest BCUT2D eigenvalue weighted by molar-refractivity contribution is -0.120. The molecule has 14 heavy (non-hydrogen) atoms. The lowest BCUT2D eigenvalue weighted by atomic mass is 10.2. The molecule has 0 heterocycles. The van der Waals surface area contributed by atoms with Crippen LogP contribution in [-0.4, -0.2) is 27.9 Å². The van der Waals surface area contributed by atoms with E-state index in [9.17, 15) is 13.2 Å². The minimum absolute atomic E-state index is 0.00408. The van der Waals surface area contributed by atoms with Crippen molar-refractivity contribution in [3.63, 3.8) is 0 Å². The summed E-state index contributed by atoms with van der Waals surface area (Å²) < 4.78 is 23.0. The quantitative estimate of drug-likeness (QED) is 0.487. The number of hydrogen-bond donors (Lipinski definition) is 3. The van der Waals surface area contributed by atoms with Crippen LogP contribution in [0.1, 0.15) is 25.7 Å². The summed E-state index contributed by atoms with van der Waals surface area (Å²) in [7, 11) is -1.97. The van der Waals surface area contributed by atoms with Gasteiger partial charge in [-0.3, -0.25) is 4.79 Å². The number of unbranched alkanes of at least 4 members (excludes halogenated alkanes) is 2. The fourth-order valence-electron chi connectivity index (χ4n) is 0.927. The van der Waals surface area contributed by atoms with E-state index in [-0.39, 0.29) is 5.91 Å². The lowest BCUT2D eigenvalue weighted by Crippen LogP contribution is -2.31. The number of carbonyl (C=O) groups is 1. The first kappa shape index (κ1) is 13.3. The number of nitrogens with two attached hydrogens (primary N) is 1. The van der Waals surface area contributed by atoms with E-state index in [2.05, 4.69) is 10.0 Å². The summed E-state index contributed by atoms with van der Waals surface area (Å²) in [4.78, 5) is 10.8. The van der Waals surface area contributed by atoms with E-state index in [0.29, 0.717) is 19.4 Å². The van der Waals surface area contributed by atoms with Gasteiger partial charge in [-0.2, -0.15) is 8.42 Å². The molecule has 0 rings (SSSR count). The van der Waals surface area contributed by atoms with Gasteiger partial charge in [0.25, 0.3) is 10.2 Å². The molecule has 7 heteroatoms. The molecule has 1 amide bonds. The Morgan fingerprint density at radius 3 is 2.43 bits per heavy atom. The van der Waals surface area contributed by atoms with Gasteiger partial charge in [-0.1, -0.05) is 6.42 Å². The molecule has 0 atom stereocenters. The zero-order chi connectivity index (χ0) is 11.0. The summed E-state index contributed by atoms with van der Waals surface area (Å²) in [5.74, 6) is 0.00408. The van der Waals surface area contributed by atoms with Gasteiger partial charge in [-0.25, -0.2) is 9.86 Å². The maximum Gasteiger partial charge on any atom is 0.274 e. The molecule has 6 nitrogen and oxygen atoms in total. The predicted octanol–water partition coefficient (Wildman–Crippen LogP) is -0.914. The van der Waals surface area contributed by atoms with Crippen molar-refractivity contribution in [3.8, 4) is 0 Å². The van der Waals surface area contributed by atoms with E-state index in [4.69, 9.17) is 5.14 Å². The van der Waals surface area contributed by atoms with Crippen LogP contribution in [0.3, 0.4) is 0 Å². The molecule has 0 aliphatic heterocycles. The average molecular weight is 223 g/mol. The Kier molecular flexibility index (Phi) is 6.43. The second kappa shape index (κ2) is 6.74. The third-order valence-electron chi connectivity index (χ3n) is 1.66. The second-order valence-corrected chi connectivity index (χ2v) is 4.30. The largest absolute Gasteiger partial charge is 0.359 e. The standard InChI is InChI=1S/C7H17N3O3S/c1-9-7(11)5-3-2-4-6-10-14(8,12)13/h10H,2-6H2,1H3,(H,9,11)(H2,8,12,13). The van der Waals surface area contributed by atoms with E-state index in [1.54, 1.807) is 7.05 Å². The fourth-order valence-corrected chi connectivity index (χ4v) is 1.36. The van der Waals surface area contributed by atoms with E-state index < -0.39 is 10.2 Å². The SMILES string of the molecule is CNC(=O)CCCCCNS(N)(=O)=O.